The zero-order chi connectivity index (χ0) is 44.6. The van der Waals surface area contributed by atoms with E-state index in [1.807, 2.05) is 20.8 Å². The molecule has 1 aromatic carbocycles. The van der Waals surface area contributed by atoms with Crippen LogP contribution in [-0.4, -0.2) is 112 Å². The van der Waals surface area contributed by atoms with Crippen LogP contribution in [0.2, 0.25) is 0 Å². The molecule has 0 radical (unpaired) electrons. The Bertz CT molecular complexity index is 1590. The van der Waals surface area contributed by atoms with Gasteiger partial charge in [-0.1, -0.05) is 107 Å². The maximum Gasteiger partial charge on any atom is 0.410 e. The first-order chi connectivity index (χ1) is 30.4. The van der Waals surface area contributed by atoms with E-state index < -0.39 is 5.60 Å². The average molecular weight is 875 g/mol. The molecule has 7 rings (SSSR count). The summed E-state index contributed by atoms with van der Waals surface area (Å²) in [5.41, 5.74) is 0.777. The predicted octanol–water partition coefficient (Wildman–Crippen LogP) is 9.98. The van der Waals surface area contributed by atoms with Crippen LogP contribution in [-0.2, 0) is 20.7 Å². The summed E-state index contributed by atoms with van der Waals surface area (Å²) in [5, 5.41) is 6.41. The maximum absolute atomic E-state index is 13.7. The molecule has 4 aliphatic carbocycles. The van der Waals surface area contributed by atoms with Gasteiger partial charge in [-0.2, -0.15) is 0 Å². The van der Waals surface area contributed by atoms with E-state index in [-0.39, 0.29) is 66.0 Å². The fourth-order valence-corrected chi connectivity index (χ4v) is 11.0. The van der Waals surface area contributed by atoms with E-state index in [0.29, 0.717) is 19.5 Å². The minimum Gasteiger partial charge on any atom is -0.444 e. The number of rotatable bonds is 9. The van der Waals surface area contributed by atoms with Crippen molar-refractivity contribution in [3.05, 3.63) is 35.9 Å². The summed E-state index contributed by atoms with van der Waals surface area (Å²) < 4.78 is 5.51. The third-order valence-corrected chi connectivity index (χ3v) is 14.5. The molecule has 2 aliphatic heterocycles. The van der Waals surface area contributed by atoms with Crippen LogP contribution in [0.5, 0.6) is 0 Å². The fourth-order valence-electron chi connectivity index (χ4n) is 11.0. The van der Waals surface area contributed by atoms with Gasteiger partial charge in [0.2, 0.25) is 11.8 Å². The van der Waals surface area contributed by atoms with Crippen LogP contribution in [0, 0.1) is 11.8 Å². The summed E-state index contributed by atoms with van der Waals surface area (Å²) in [4.78, 5) is 73.8. The van der Waals surface area contributed by atoms with Crippen LogP contribution in [0.1, 0.15) is 180 Å². The van der Waals surface area contributed by atoms with Gasteiger partial charge in [-0.25, -0.2) is 14.4 Å². The second kappa shape index (κ2) is 24.6. The van der Waals surface area contributed by atoms with E-state index in [1.165, 1.54) is 49.0 Å². The highest BCUT2D eigenvalue weighted by atomic mass is 16.6. The third-order valence-electron chi connectivity index (χ3n) is 14.5. The number of carbonyl (C=O) groups excluding carboxylic acids is 5. The standard InChI is InChI=1S/C27H41N3O2.C24H41N3O4/c31-26(23-13-10-19-29(21-23)20-18-22-11-4-1-5-12-22)30(25-16-8-3-9-17-25)27(32)28-24-14-6-2-7-15-24;1-24(2,3)31-23(30)26-16-10-11-18(17-26)21(28)27(20-14-8-5-9-15-20)22(29)25-19-12-6-4-7-13-19/h1,4-5,11-12,23-25H,2-3,6-10,13-21H2,(H,28,32);18-20H,4-17H2,1-3H3,(H,25,29)/t23-;18-/m11/s1. The van der Waals surface area contributed by atoms with Gasteiger partial charge in [-0.15, -0.1) is 0 Å². The van der Waals surface area contributed by atoms with Crippen molar-refractivity contribution < 1.29 is 28.7 Å². The van der Waals surface area contributed by atoms with Crippen LogP contribution in [0.4, 0.5) is 14.4 Å². The molecule has 4 saturated carbocycles. The maximum atomic E-state index is 13.7. The quantitative estimate of drug-likeness (QED) is 0.253. The van der Waals surface area contributed by atoms with Crippen molar-refractivity contribution in [1.82, 2.24) is 30.2 Å². The molecule has 2 saturated heterocycles. The smallest absolute Gasteiger partial charge is 0.410 e. The molecular formula is C51H82N6O6. The first-order valence-electron chi connectivity index (χ1n) is 25.5. The van der Waals surface area contributed by atoms with Gasteiger partial charge < -0.3 is 25.2 Å². The molecule has 352 valence electrons. The molecule has 6 fully saturated rings. The Morgan fingerprint density at radius 3 is 1.49 bits per heavy atom. The molecule has 2 heterocycles. The highest BCUT2D eigenvalue weighted by Crippen LogP contribution is 2.30. The van der Waals surface area contributed by atoms with Gasteiger partial charge in [0.05, 0.1) is 11.8 Å². The van der Waals surface area contributed by atoms with Crippen molar-refractivity contribution in [2.24, 2.45) is 11.8 Å². The molecule has 1 aromatic rings. The zero-order valence-corrected chi connectivity index (χ0v) is 39.3. The lowest BCUT2D eigenvalue weighted by atomic mass is 9.91. The molecule has 2 atom stereocenters. The van der Waals surface area contributed by atoms with Gasteiger partial charge in [0.15, 0.2) is 0 Å². The monoisotopic (exact) mass is 875 g/mol. The molecule has 0 spiro atoms. The Labute approximate surface area is 379 Å². The molecule has 0 aromatic heterocycles. The number of amides is 7. The summed E-state index contributed by atoms with van der Waals surface area (Å²) in [6, 6.07) is 10.7. The number of hydrogen-bond acceptors (Lipinski definition) is 7. The van der Waals surface area contributed by atoms with Gasteiger partial charge >= 0.3 is 18.2 Å². The lowest BCUT2D eigenvalue weighted by molar-refractivity contribution is -0.137. The first-order valence-corrected chi connectivity index (χ1v) is 25.5. The topological polar surface area (TPSA) is 132 Å². The van der Waals surface area contributed by atoms with E-state index in [1.54, 1.807) is 9.80 Å². The molecule has 63 heavy (non-hydrogen) atoms. The van der Waals surface area contributed by atoms with Crippen molar-refractivity contribution in [1.29, 1.82) is 0 Å². The predicted molar refractivity (Wildman–Crippen MR) is 248 cm³/mol. The second-order valence-electron chi connectivity index (χ2n) is 20.7. The molecule has 0 unspecified atom stereocenters. The Morgan fingerprint density at radius 1 is 0.571 bits per heavy atom. The number of piperidine rings is 2. The summed E-state index contributed by atoms with van der Waals surface area (Å²) in [6.07, 6.45) is 25.7. The number of ether oxygens (including phenoxy) is 1. The summed E-state index contributed by atoms with van der Waals surface area (Å²) in [6.45, 7) is 9.27. The Hall–Kier alpha value is -3.67. The van der Waals surface area contributed by atoms with E-state index in [0.717, 1.165) is 135 Å². The van der Waals surface area contributed by atoms with Crippen molar-refractivity contribution >= 4 is 30.0 Å². The molecule has 7 amide bonds. The lowest BCUT2D eigenvalue weighted by Crippen LogP contribution is -2.56. The molecule has 12 nitrogen and oxygen atoms in total. The number of hydrogen-bond donors (Lipinski definition) is 2. The van der Waals surface area contributed by atoms with Crippen molar-refractivity contribution in [3.8, 4) is 0 Å². The van der Waals surface area contributed by atoms with Gasteiger partial charge in [0, 0.05) is 50.3 Å². The lowest BCUT2D eigenvalue weighted by Gasteiger charge is -2.39. The fraction of sp³-hybridized carbons (Fsp3) is 0.784. The number of urea groups is 2. The number of likely N-dealkylation sites (tertiary alicyclic amines) is 2. The number of benzene rings is 1. The SMILES string of the molecule is CC(C)(C)OC(=O)N1CCC[C@@H](C(=O)N(C(=O)NC2CCCCC2)C2CCCCC2)C1.O=C(NC1CCCCC1)N(C(=O)[C@@H]1CCCN(CCc2ccccc2)C1)C1CCCCC1. The number of nitrogens with one attached hydrogen (secondary N) is 2. The van der Waals surface area contributed by atoms with Gasteiger partial charge in [-0.05, 0) is 116 Å². The van der Waals surface area contributed by atoms with Crippen LogP contribution in [0.3, 0.4) is 0 Å². The largest absolute Gasteiger partial charge is 0.444 e. The third kappa shape index (κ3) is 15.2. The molecule has 6 aliphatic rings. The van der Waals surface area contributed by atoms with Crippen LogP contribution in [0.15, 0.2) is 30.3 Å². The average Bonchev–Trinajstić information content (AvgIpc) is 3.30. The number of imide groups is 2. The molecule has 0 bridgehead atoms. The highest BCUT2D eigenvalue weighted by molar-refractivity contribution is 5.97. The molecule has 12 heteroatoms. The Morgan fingerprint density at radius 2 is 1.02 bits per heavy atom. The summed E-state index contributed by atoms with van der Waals surface area (Å²) >= 11 is 0. The molecule has 2 N–H and O–H groups in total. The van der Waals surface area contributed by atoms with Gasteiger partial charge in [0.25, 0.3) is 0 Å². The number of nitrogens with zero attached hydrogens (tertiary/aromatic N) is 4. The van der Waals surface area contributed by atoms with Gasteiger partial charge in [0.1, 0.15) is 5.60 Å². The van der Waals surface area contributed by atoms with E-state index in [9.17, 15) is 24.0 Å². The number of carbonyl (C=O) groups is 5. The van der Waals surface area contributed by atoms with E-state index >= 15 is 0 Å². The summed E-state index contributed by atoms with van der Waals surface area (Å²) in [7, 11) is 0. The highest BCUT2D eigenvalue weighted by Gasteiger charge is 2.40. The normalized spacial score (nSPS) is 23.7. The minimum absolute atomic E-state index is 0.0262. The van der Waals surface area contributed by atoms with Crippen LogP contribution >= 0.6 is 0 Å². The summed E-state index contributed by atoms with van der Waals surface area (Å²) in [5.74, 6) is -0.443. The Balaban J connectivity index is 0.000000210. The van der Waals surface area contributed by atoms with Gasteiger partial charge in [-0.3, -0.25) is 19.4 Å². The second-order valence-corrected chi connectivity index (χ2v) is 20.7. The zero-order valence-electron chi connectivity index (χ0n) is 39.3. The van der Waals surface area contributed by atoms with Crippen LogP contribution in [0.25, 0.3) is 0 Å². The molecular weight excluding hydrogens is 793 g/mol. The van der Waals surface area contributed by atoms with E-state index in [2.05, 4.69) is 45.9 Å². The first kappa shape index (κ1) is 48.8. The Kier molecular flexibility index (Phi) is 19.0. The minimum atomic E-state index is -0.567. The van der Waals surface area contributed by atoms with Crippen molar-refractivity contribution in [3.63, 3.8) is 0 Å². The van der Waals surface area contributed by atoms with Crippen LogP contribution < -0.4 is 10.6 Å². The van der Waals surface area contributed by atoms with Crippen molar-refractivity contribution in [2.75, 3.05) is 32.7 Å². The van der Waals surface area contributed by atoms with E-state index in [4.69, 9.17) is 4.74 Å². The van der Waals surface area contributed by atoms with Crippen molar-refractivity contribution in [2.45, 2.75) is 211 Å².